The molecule has 0 aromatic carbocycles. The Morgan fingerprint density at radius 1 is 1.50 bits per heavy atom. The average Bonchev–Trinajstić information content (AvgIpc) is 3.02. The number of nitrogens with zero attached hydrogens (tertiary/aromatic N) is 2. The van der Waals surface area contributed by atoms with E-state index in [9.17, 15) is 0 Å². The summed E-state index contributed by atoms with van der Waals surface area (Å²) in [4.78, 5) is 7.93. The van der Waals surface area contributed by atoms with Gasteiger partial charge in [-0.25, -0.2) is 9.97 Å². The second-order valence-electron chi connectivity index (χ2n) is 3.67. The number of hydrogen-bond donors (Lipinski definition) is 1. The molecule has 14 heavy (non-hydrogen) atoms. The fourth-order valence-corrected chi connectivity index (χ4v) is 1.56. The molecule has 1 N–H and O–H groups in total. The molecule has 1 aliphatic rings. The highest BCUT2D eigenvalue weighted by Gasteiger charge is 2.31. The molecular formula is C10H15N3O. The number of rotatable bonds is 5. The Balaban J connectivity index is 1.93. The molecule has 1 aromatic heterocycles. The van der Waals surface area contributed by atoms with Crippen LogP contribution in [0.15, 0.2) is 18.7 Å². The van der Waals surface area contributed by atoms with E-state index in [1.807, 2.05) is 0 Å². The van der Waals surface area contributed by atoms with E-state index in [1.54, 1.807) is 19.5 Å². The highest BCUT2D eigenvalue weighted by molar-refractivity contribution is 5.38. The van der Waals surface area contributed by atoms with Crippen LogP contribution in [0.25, 0.3) is 0 Å². The third kappa shape index (κ3) is 2.42. The lowest BCUT2D eigenvalue weighted by atomic mass is 10.2. The minimum absolute atomic E-state index is 0.408. The van der Waals surface area contributed by atoms with Crippen LogP contribution in [-0.4, -0.2) is 29.7 Å². The Morgan fingerprint density at radius 2 is 2.21 bits per heavy atom. The molecule has 0 radical (unpaired) electrons. The molecule has 0 bridgehead atoms. The van der Waals surface area contributed by atoms with Crippen molar-refractivity contribution in [3.05, 3.63) is 18.7 Å². The Morgan fingerprint density at radius 3 is 2.79 bits per heavy atom. The summed E-state index contributed by atoms with van der Waals surface area (Å²) in [5.41, 5.74) is 0.974. The molecule has 1 unspecified atom stereocenters. The first-order valence-electron chi connectivity index (χ1n) is 4.90. The summed E-state index contributed by atoms with van der Waals surface area (Å²) < 4.78 is 5.17. The molecule has 0 aliphatic heterocycles. The molecule has 76 valence electrons. The van der Waals surface area contributed by atoms with E-state index in [-0.39, 0.29) is 0 Å². The van der Waals surface area contributed by atoms with Gasteiger partial charge < -0.3 is 10.1 Å². The van der Waals surface area contributed by atoms with Crippen LogP contribution in [0.3, 0.4) is 0 Å². The number of ether oxygens (including phenoxy) is 1. The number of hydrogen-bond acceptors (Lipinski definition) is 4. The average molecular weight is 193 g/mol. The maximum absolute atomic E-state index is 5.17. The van der Waals surface area contributed by atoms with Crippen LogP contribution in [0, 0.1) is 5.92 Å². The molecule has 0 spiro atoms. The van der Waals surface area contributed by atoms with Gasteiger partial charge in [0.2, 0.25) is 0 Å². The van der Waals surface area contributed by atoms with Gasteiger partial charge in [-0.05, 0) is 18.8 Å². The smallest absolute Gasteiger partial charge is 0.115 e. The lowest BCUT2D eigenvalue weighted by Crippen LogP contribution is -2.27. The van der Waals surface area contributed by atoms with Gasteiger partial charge in [0.05, 0.1) is 30.7 Å². The van der Waals surface area contributed by atoms with Crippen molar-refractivity contribution in [3.8, 4) is 0 Å². The summed E-state index contributed by atoms with van der Waals surface area (Å²) in [6, 6.07) is 0.408. The second-order valence-corrected chi connectivity index (χ2v) is 3.67. The summed E-state index contributed by atoms with van der Waals surface area (Å²) in [7, 11) is 1.73. The van der Waals surface area contributed by atoms with Gasteiger partial charge in [0, 0.05) is 7.11 Å². The fourth-order valence-electron chi connectivity index (χ4n) is 1.56. The van der Waals surface area contributed by atoms with Crippen LogP contribution in [0.2, 0.25) is 0 Å². The van der Waals surface area contributed by atoms with Crippen LogP contribution in [-0.2, 0) is 4.74 Å². The van der Waals surface area contributed by atoms with E-state index in [4.69, 9.17) is 4.74 Å². The Labute approximate surface area is 83.7 Å². The van der Waals surface area contributed by atoms with Gasteiger partial charge in [0.15, 0.2) is 0 Å². The van der Waals surface area contributed by atoms with Crippen molar-refractivity contribution in [3.63, 3.8) is 0 Å². The molecule has 1 aliphatic carbocycles. The Kier molecular flexibility index (Phi) is 2.93. The minimum Gasteiger partial charge on any atom is -0.383 e. The van der Waals surface area contributed by atoms with Crippen LogP contribution >= 0.6 is 0 Å². The van der Waals surface area contributed by atoms with E-state index >= 15 is 0 Å². The van der Waals surface area contributed by atoms with Crippen molar-refractivity contribution in [2.45, 2.75) is 18.9 Å². The van der Waals surface area contributed by atoms with Gasteiger partial charge in [-0.3, -0.25) is 0 Å². The van der Waals surface area contributed by atoms with E-state index in [1.165, 1.54) is 19.2 Å². The highest BCUT2D eigenvalue weighted by atomic mass is 16.5. The molecular weight excluding hydrogens is 178 g/mol. The summed E-state index contributed by atoms with van der Waals surface area (Å²) in [6.07, 6.45) is 7.72. The standard InChI is InChI=1S/C10H15N3O/c1-14-6-10(8-2-3-8)13-9-4-11-7-12-5-9/h4-5,7-8,10,13H,2-3,6H2,1H3. The third-order valence-electron chi connectivity index (χ3n) is 2.45. The van der Waals surface area contributed by atoms with Gasteiger partial charge in [-0.2, -0.15) is 0 Å². The first-order chi connectivity index (χ1) is 6.90. The third-order valence-corrected chi connectivity index (χ3v) is 2.45. The number of nitrogens with one attached hydrogen (secondary N) is 1. The lowest BCUT2D eigenvalue weighted by Gasteiger charge is -2.17. The first kappa shape index (κ1) is 9.40. The molecule has 1 atom stereocenters. The van der Waals surface area contributed by atoms with Crippen molar-refractivity contribution >= 4 is 5.69 Å². The quantitative estimate of drug-likeness (QED) is 0.766. The van der Waals surface area contributed by atoms with Gasteiger partial charge in [0.25, 0.3) is 0 Å². The van der Waals surface area contributed by atoms with Crippen molar-refractivity contribution in [2.75, 3.05) is 19.0 Å². The molecule has 1 saturated carbocycles. The van der Waals surface area contributed by atoms with E-state index in [0.717, 1.165) is 18.2 Å². The van der Waals surface area contributed by atoms with Crippen LogP contribution in [0.5, 0.6) is 0 Å². The van der Waals surface area contributed by atoms with E-state index in [2.05, 4.69) is 15.3 Å². The molecule has 1 heterocycles. The van der Waals surface area contributed by atoms with Crippen LogP contribution in [0.1, 0.15) is 12.8 Å². The minimum atomic E-state index is 0.408. The predicted molar refractivity (Wildman–Crippen MR) is 54.0 cm³/mol. The monoisotopic (exact) mass is 193 g/mol. The van der Waals surface area contributed by atoms with E-state index in [0.29, 0.717) is 6.04 Å². The largest absolute Gasteiger partial charge is 0.383 e. The molecule has 2 rings (SSSR count). The molecule has 0 saturated heterocycles. The van der Waals surface area contributed by atoms with Crippen molar-refractivity contribution in [1.29, 1.82) is 0 Å². The maximum Gasteiger partial charge on any atom is 0.115 e. The molecule has 4 heteroatoms. The number of aromatic nitrogens is 2. The molecule has 1 fully saturated rings. The SMILES string of the molecule is COCC(Nc1cncnc1)C1CC1. The normalized spacial score (nSPS) is 17.8. The summed E-state index contributed by atoms with van der Waals surface area (Å²) in [5.74, 6) is 0.759. The van der Waals surface area contributed by atoms with Gasteiger partial charge in [-0.15, -0.1) is 0 Å². The summed E-state index contributed by atoms with van der Waals surface area (Å²) in [5, 5.41) is 3.39. The second kappa shape index (κ2) is 4.37. The van der Waals surface area contributed by atoms with Gasteiger partial charge in [0.1, 0.15) is 6.33 Å². The molecule has 1 aromatic rings. The lowest BCUT2D eigenvalue weighted by molar-refractivity contribution is 0.179. The van der Waals surface area contributed by atoms with Crippen LogP contribution < -0.4 is 5.32 Å². The zero-order chi connectivity index (χ0) is 9.80. The molecule has 0 amide bonds. The van der Waals surface area contributed by atoms with E-state index < -0.39 is 0 Å². The number of anilines is 1. The van der Waals surface area contributed by atoms with Gasteiger partial charge >= 0.3 is 0 Å². The summed E-state index contributed by atoms with van der Waals surface area (Å²) in [6.45, 7) is 0.750. The fraction of sp³-hybridized carbons (Fsp3) is 0.600. The summed E-state index contributed by atoms with van der Waals surface area (Å²) >= 11 is 0. The predicted octanol–water partition coefficient (Wildman–Crippen LogP) is 1.31. The van der Waals surface area contributed by atoms with Crippen molar-refractivity contribution in [1.82, 2.24) is 9.97 Å². The highest BCUT2D eigenvalue weighted by Crippen LogP contribution is 2.34. The zero-order valence-electron chi connectivity index (χ0n) is 8.31. The zero-order valence-corrected chi connectivity index (χ0v) is 8.31. The number of methoxy groups -OCH3 is 1. The molecule has 4 nitrogen and oxygen atoms in total. The van der Waals surface area contributed by atoms with Crippen molar-refractivity contribution < 1.29 is 4.74 Å². The van der Waals surface area contributed by atoms with Gasteiger partial charge in [-0.1, -0.05) is 0 Å². The topological polar surface area (TPSA) is 47.0 Å². The Bertz CT molecular complexity index is 274. The van der Waals surface area contributed by atoms with Crippen LogP contribution in [0.4, 0.5) is 5.69 Å². The Hall–Kier alpha value is -1.16. The maximum atomic E-state index is 5.17. The van der Waals surface area contributed by atoms with Crippen molar-refractivity contribution in [2.24, 2.45) is 5.92 Å². The first-order valence-corrected chi connectivity index (χ1v) is 4.90.